The lowest BCUT2D eigenvalue weighted by atomic mass is 10.4. The monoisotopic (exact) mass is 303 g/mol. The van der Waals surface area contributed by atoms with Gasteiger partial charge in [-0.2, -0.15) is 0 Å². The average molecular weight is 303 g/mol. The van der Waals surface area contributed by atoms with Crippen LogP contribution < -0.4 is 5.73 Å². The first-order valence-corrected chi connectivity index (χ1v) is 6.29. The molecule has 0 radical (unpaired) electrons. The molecule has 0 bridgehead atoms. The lowest BCUT2D eigenvalue weighted by Crippen LogP contribution is -2.37. The third kappa shape index (κ3) is 14.7. The molecule has 0 heterocycles. The highest BCUT2D eigenvalue weighted by Crippen LogP contribution is 2.35. The molecule has 0 rings (SSSR count). The summed E-state index contributed by atoms with van der Waals surface area (Å²) in [5.74, 6) is -1.55. The van der Waals surface area contributed by atoms with Crippen molar-refractivity contribution in [2.45, 2.75) is 6.10 Å². The molecule has 8 N–H and O–H groups in total. The van der Waals surface area contributed by atoms with E-state index in [0.29, 0.717) is 0 Å². The van der Waals surface area contributed by atoms with Gasteiger partial charge in [0.1, 0.15) is 12.6 Å². The topological polar surface area (TPSA) is 198 Å². The maximum Gasteiger partial charge on any atom is 0.527 e. The van der Waals surface area contributed by atoms with E-state index in [4.69, 9.17) is 36.2 Å². The van der Waals surface area contributed by atoms with Crippen LogP contribution in [0.2, 0.25) is 0 Å². The molecule has 0 aliphatic rings. The molecule has 0 aromatic rings. The number of guanidine groups is 1. The minimum atomic E-state index is -4.80. The number of carbonyl (C=O) groups is 1. The number of nitrogens with zero attached hydrogens (tertiary/aromatic N) is 1. The van der Waals surface area contributed by atoms with E-state index in [1.165, 1.54) is 7.05 Å². The molecule has 19 heavy (non-hydrogen) atoms. The van der Waals surface area contributed by atoms with E-state index in [1.807, 2.05) is 0 Å². The summed E-state index contributed by atoms with van der Waals surface area (Å²) in [5, 5.41) is 30.8. The second kappa shape index (κ2) is 9.67. The van der Waals surface area contributed by atoms with Crippen molar-refractivity contribution in [1.29, 1.82) is 5.41 Å². The third-order valence-corrected chi connectivity index (χ3v) is 1.86. The zero-order chi connectivity index (χ0) is 15.6. The van der Waals surface area contributed by atoms with Gasteiger partial charge in [-0.25, -0.2) is 9.36 Å². The molecule has 0 fully saturated rings. The van der Waals surface area contributed by atoms with Gasteiger partial charge in [-0.1, -0.05) is 0 Å². The normalized spacial score (nSPS) is 10.5. The fourth-order valence-corrected chi connectivity index (χ4v) is 0.821. The molecule has 0 saturated heterocycles. The maximum absolute atomic E-state index is 10.7. The van der Waals surface area contributed by atoms with Gasteiger partial charge in [0.2, 0.25) is 0 Å². The fourth-order valence-electron chi connectivity index (χ4n) is 0.498. The quantitative estimate of drug-likeness (QED) is 0.154. The van der Waals surface area contributed by atoms with Gasteiger partial charge in [0, 0.05) is 7.05 Å². The number of nitrogens with two attached hydrogens (primary N) is 1. The van der Waals surface area contributed by atoms with E-state index in [9.17, 15) is 9.36 Å². The van der Waals surface area contributed by atoms with Crippen molar-refractivity contribution in [3.63, 3.8) is 0 Å². The van der Waals surface area contributed by atoms with Gasteiger partial charge in [0.15, 0.2) is 5.96 Å². The number of hydrogen-bond donors (Lipinski definition) is 7. The molecule has 0 atom stereocenters. The van der Waals surface area contributed by atoms with Crippen LogP contribution in [-0.4, -0.2) is 74.8 Å². The van der Waals surface area contributed by atoms with Gasteiger partial charge in [-0.3, -0.25) is 15.2 Å². The number of rotatable bonds is 5. The predicted octanol–water partition coefficient (Wildman–Crippen LogP) is -3.22. The van der Waals surface area contributed by atoms with Crippen molar-refractivity contribution in [3.05, 3.63) is 0 Å². The van der Waals surface area contributed by atoms with Gasteiger partial charge < -0.3 is 30.5 Å². The number of hydrogen-bond acceptors (Lipinski definition) is 7. The van der Waals surface area contributed by atoms with E-state index >= 15 is 0 Å². The van der Waals surface area contributed by atoms with Crippen LogP contribution in [0.15, 0.2) is 0 Å². The van der Waals surface area contributed by atoms with E-state index < -0.39 is 32.4 Å². The van der Waals surface area contributed by atoms with Crippen LogP contribution in [0.25, 0.3) is 0 Å². The molecule has 0 unspecified atom stereocenters. The Kier molecular flexibility index (Phi) is 10.2. The molecule has 114 valence electrons. The van der Waals surface area contributed by atoms with Gasteiger partial charge in [-0.05, 0) is 0 Å². The molecule has 0 amide bonds. The minimum Gasteiger partial charge on any atom is -0.394 e. The highest BCUT2D eigenvalue weighted by atomic mass is 31.2. The van der Waals surface area contributed by atoms with Crippen LogP contribution in [0.3, 0.4) is 0 Å². The molecular formula is C7H18N3O8P. The molecule has 0 aliphatic carbocycles. The Hall–Kier alpha value is -1.23. The van der Waals surface area contributed by atoms with Crippen molar-refractivity contribution in [2.24, 2.45) is 5.73 Å². The molecule has 11 nitrogen and oxygen atoms in total. The summed E-state index contributed by atoms with van der Waals surface area (Å²) >= 11 is 0. The first-order valence-electron chi connectivity index (χ1n) is 4.76. The molecule has 0 saturated carbocycles. The van der Waals surface area contributed by atoms with Crippen LogP contribution >= 0.6 is 7.82 Å². The SMILES string of the molecule is CN(CC(=O)OP(=O)(O)O)C(=N)N.OCC(O)CO. The Morgan fingerprint density at radius 2 is 1.84 bits per heavy atom. The highest BCUT2D eigenvalue weighted by molar-refractivity contribution is 7.46. The van der Waals surface area contributed by atoms with Crippen LogP contribution in [0, 0.1) is 5.41 Å². The van der Waals surface area contributed by atoms with Gasteiger partial charge >= 0.3 is 13.8 Å². The van der Waals surface area contributed by atoms with Crippen molar-refractivity contribution >= 4 is 19.8 Å². The summed E-state index contributed by atoms with van der Waals surface area (Å²) in [5.41, 5.74) is 4.96. The number of nitrogens with one attached hydrogen (secondary N) is 1. The van der Waals surface area contributed by atoms with Crippen LogP contribution in [0.4, 0.5) is 0 Å². The van der Waals surface area contributed by atoms with Crippen molar-refractivity contribution in [3.8, 4) is 0 Å². The summed E-state index contributed by atoms with van der Waals surface area (Å²) in [6.45, 7) is -1.21. The Morgan fingerprint density at radius 3 is 2.05 bits per heavy atom. The van der Waals surface area contributed by atoms with Gasteiger partial charge in [0.05, 0.1) is 13.2 Å². The zero-order valence-electron chi connectivity index (χ0n) is 10.1. The van der Waals surface area contributed by atoms with Crippen molar-refractivity contribution in [2.75, 3.05) is 26.8 Å². The first kappa shape index (κ1) is 20.1. The lowest BCUT2D eigenvalue weighted by Gasteiger charge is -2.15. The van der Waals surface area contributed by atoms with Crippen LogP contribution in [-0.2, 0) is 13.9 Å². The minimum absolute atomic E-state index is 0.365. The number of aliphatic hydroxyl groups is 3. The predicted molar refractivity (Wildman–Crippen MR) is 62.9 cm³/mol. The van der Waals surface area contributed by atoms with E-state index in [2.05, 4.69) is 4.52 Å². The second-order valence-electron chi connectivity index (χ2n) is 3.21. The largest absolute Gasteiger partial charge is 0.527 e. The number of aliphatic hydroxyl groups excluding tert-OH is 3. The highest BCUT2D eigenvalue weighted by Gasteiger charge is 2.21. The molecule has 0 aliphatic heterocycles. The number of carbonyl (C=O) groups excluding carboxylic acids is 1. The lowest BCUT2D eigenvalue weighted by molar-refractivity contribution is -0.135. The van der Waals surface area contributed by atoms with Gasteiger partial charge in [0.25, 0.3) is 0 Å². The van der Waals surface area contributed by atoms with Crippen molar-refractivity contribution < 1.29 is 39.0 Å². The standard InChI is InChI=1S/C4H10N3O5P.C3H8O3/c1-7(4(5)6)2-3(8)12-13(9,10)11;4-1-3(6)2-5/h2H2,1H3,(H3,5,6)(H2,9,10,11);3-6H,1-2H2. The molecule has 12 heteroatoms. The number of likely N-dealkylation sites (N-methyl/N-ethyl adjacent to an activating group) is 1. The second-order valence-corrected chi connectivity index (χ2v) is 4.38. The first-order chi connectivity index (χ1) is 8.53. The van der Waals surface area contributed by atoms with E-state index in [1.54, 1.807) is 0 Å². The number of phosphoric ester groups is 1. The average Bonchev–Trinajstić information content (AvgIpc) is 2.25. The summed E-state index contributed by atoms with van der Waals surface area (Å²) in [4.78, 5) is 28.0. The summed E-state index contributed by atoms with van der Waals surface area (Å²) in [6.07, 6.45) is -0.954. The smallest absolute Gasteiger partial charge is 0.394 e. The zero-order valence-corrected chi connectivity index (χ0v) is 11.0. The summed E-state index contributed by atoms with van der Waals surface area (Å²) < 4.78 is 13.8. The fraction of sp³-hybridized carbons (Fsp3) is 0.714. The van der Waals surface area contributed by atoms with Crippen LogP contribution in [0.1, 0.15) is 0 Å². The summed E-state index contributed by atoms with van der Waals surface area (Å²) in [7, 11) is -3.49. The Bertz CT molecular complexity index is 328. The van der Waals surface area contributed by atoms with Gasteiger partial charge in [-0.15, -0.1) is 0 Å². The molecule has 0 aromatic heterocycles. The van der Waals surface area contributed by atoms with E-state index in [-0.39, 0.29) is 13.2 Å². The molecule has 0 spiro atoms. The third-order valence-electron chi connectivity index (χ3n) is 1.42. The maximum atomic E-state index is 10.7. The van der Waals surface area contributed by atoms with Crippen molar-refractivity contribution in [1.82, 2.24) is 4.90 Å². The Labute approximate surface area is 109 Å². The Morgan fingerprint density at radius 1 is 1.42 bits per heavy atom. The van der Waals surface area contributed by atoms with Crippen LogP contribution in [0.5, 0.6) is 0 Å². The molecular weight excluding hydrogens is 285 g/mol. The summed E-state index contributed by atoms with van der Waals surface area (Å²) in [6, 6.07) is 0. The number of phosphoric acid groups is 1. The molecule has 0 aromatic carbocycles. The Balaban J connectivity index is 0. The van der Waals surface area contributed by atoms with E-state index in [0.717, 1.165) is 4.90 Å².